The Bertz CT molecular complexity index is 237. The summed E-state index contributed by atoms with van der Waals surface area (Å²) in [4.78, 5) is 1.37. The molecule has 1 aromatic rings. The highest BCUT2D eigenvalue weighted by Gasteiger charge is 2.14. The number of nitrogens with two attached hydrogens (primary N) is 1. The maximum absolute atomic E-state index is 9.34. The summed E-state index contributed by atoms with van der Waals surface area (Å²) in [5, 5.41) is 17.0. The highest BCUT2D eigenvalue weighted by molar-refractivity contribution is 5.19. The minimum Gasteiger partial charge on any atom is -0.388 e. The van der Waals surface area contributed by atoms with E-state index in [0.717, 1.165) is 0 Å². The van der Waals surface area contributed by atoms with Crippen LogP contribution in [0, 0.1) is 0 Å². The number of aromatic nitrogens is 3. The second-order valence-electron chi connectivity index (χ2n) is 3.11. The molecule has 62 valence electrons. The zero-order chi connectivity index (χ0) is 8.48. The summed E-state index contributed by atoms with van der Waals surface area (Å²) in [7, 11) is 0. The molecule has 3 N–H and O–H groups in total. The summed E-state index contributed by atoms with van der Waals surface area (Å²) >= 11 is 0. The molecule has 0 radical (unpaired) electrons. The number of anilines is 1. The van der Waals surface area contributed by atoms with E-state index in [1.165, 1.54) is 11.0 Å². The van der Waals surface area contributed by atoms with E-state index in [4.69, 9.17) is 5.73 Å². The Morgan fingerprint density at radius 2 is 2.36 bits per heavy atom. The van der Waals surface area contributed by atoms with Crippen LogP contribution >= 0.6 is 0 Å². The van der Waals surface area contributed by atoms with Crippen molar-refractivity contribution >= 4 is 5.82 Å². The van der Waals surface area contributed by atoms with E-state index >= 15 is 0 Å². The van der Waals surface area contributed by atoms with Gasteiger partial charge >= 0.3 is 0 Å². The summed E-state index contributed by atoms with van der Waals surface area (Å²) < 4.78 is 0. The molecule has 1 rings (SSSR count). The second-order valence-corrected chi connectivity index (χ2v) is 3.11. The number of nitrogen functional groups attached to an aromatic ring is 1. The van der Waals surface area contributed by atoms with Gasteiger partial charge in [-0.25, -0.2) is 0 Å². The van der Waals surface area contributed by atoms with Crippen molar-refractivity contribution in [3.05, 3.63) is 6.20 Å². The Morgan fingerprint density at radius 3 is 2.73 bits per heavy atom. The smallest absolute Gasteiger partial charge is 0.165 e. The van der Waals surface area contributed by atoms with Crippen LogP contribution in [0.1, 0.15) is 13.8 Å². The summed E-state index contributed by atoms with van der Waals surface area (Å²) in [6.07, 6.45) is 1.45. The third-order valence-corrected chi connectivity index (χ3v) is 1.08. The topological polar surface area (TPSA) is 77.0 Å². The number of nitrogens with zero attached hydrogens (tertiary/aromatic N) is 3. The average molecular weight is 156 g/mol. The average Bonchev–Trinajstić information content (AvgIpc) is 2.10. The van der Waals surface area contributed by atoms with Crippen molar-refractivity contribution in [3.63, 3.8) is 0 Å². The van der Waals surface area contributed by atoms with Crippen molar-refractivity contribution in [1.82, 2.24) is 15.0 Å². The zero-order valence-corrected chi connectivity index (χ0v) is 6.65. The highest BCUT2D eigenvalue weighted by atomic mass is 16.3. The fourth-order valence-corrected chi connectivity index (χ4v) is 0.733. The molecule has 0 atom stereocenters. The van der Waals surface area contributed by atoms with E-state index < -0.39 is 5.60 Å². The van der Waals surface area contributed by atoms with Crippen LogP contribution in [-0.4, -0.2) is 25.7 Å². The van der Waals surface area contributed by atoms with Crippen molar-refractivity contribution < 1.29 is 5.11 Å². The van der Waals surface area contributed by atoms with Gasteiger partial charge in [0, 0.05) is 0 Å². The van der Waals surface area contributed by atoms with Crippen LogP contribution < -0.4 is 5.73 Å². The van der Waals surface area contributed by atoms with Gasteiger partial charge in [0.15, 0.2) is 5.82 Å². The molecule has 0 aromatic carbocycles. The number of aliphatic hydroxyl groups is 1. The van der Waals surface area contributed by atoms with E-state index in [0.29, 0.717) is 12.4 Å². The van der Waals surface area contributed by atoms with Crippen molar-refractivity contribution in [1.29, 1.82) is 0 Å². The molecule has 0 fully saturated rings. The van der Waals surface area contributed by atoms with Gasteiger partial charge in [0.1, 0.15) is 0 Å². The lowest BCUT2D eigenvalue weighted by molar-refractivity contribution is 0.0532. The van der Waals surface area contributed by atoms with Gasteiger partial charge in [0.2, 0.25) is 0 Å². The van der Waals surface area contributed by atoms with Crippen molar-refractivity contribution in [2.24, 2.45) is 0 Å². The van der Waals surface area contributed by atoms with Crippen LogP contribution in [0.5, 0.6) is 0 Å². The Labute approximate surface area is 64.8 Å². The number of hydrogen-bond acceptors (Lipinski definition) is 4. The van der Waals surface area contributed by atoms with E-state index in [2.05, 4.69) is 10.2 Å². The molecule has 0 spiro atoms. The van der Waals surface area contributed by atoms with E-state index in [1.54, 1.807) is 13.8 Å². The van der Waals surface area contributed by atoms with Crippen LogP contribution in [0.2, 0.25) is 0 Å². The van der Waals surface area contributed by atoms with Gasteiger partial charge in [-0.05, 0) is 13.8 Å². The van der Waals surface area contributed by atoms with Crippen molar-refractivity contribution in [2.45, 2.75) is 26.0 Å². The predicted octanol–water partition coefficient (Wildman–Crippen LogP) is -0.369. The lowest BCUT2D eigenvalue weighted by atomic mass is 10.1. The minimum absolute atomic E-state index is 0.351. The fraction of sp³-hybridized carbons (Fsp3) is 0.667. The first-order chi connectivity index (χ1) is 4.97. The van der Waals surface area contributed by atoms with Crippen molar-refractivity contribution in [2.75, 3.05) is 5.73 Å². The summed E-state index contributed by atoms with van der Waals surface area (Å²) in [6, 6.07) is 0. The summed E-state index contributed by atoms with van der Waals surface area (Å²) in [5.41, 5.74) is 4.52. The molecule has 0 aliphatic heterocycles. The van der Waals surface area contributed by atoms with Gasteiger partial charge in [-0.2, -0.15) is 9.90 Å². The molecular formula is C6H12N4O. The quantitative estimate of drug-likeness (QED) is 0.612. The van der Waals surface area contributed by atoms with Crippen LogP contribution in [0.25, 0.3) is 0 Å². The van der Waals surface area contributed by atoms with E-state index in [9.17, 15) is 5.11 Å². The maximum Gasteiger partial charge on any atom is 0.165 e. The Morgan fingerprint density at radius 1 is 1.73 bits per heavy atom. The number of rotatable bonds is 2. The molecule has 0 saturated carbocycles. The fourth-order valence-electron chi connectivity index (χ4n) is 0.733. The molecule has 5 heteroatoms. The van der Waals surface area contributed by atoms with Crippen LogP contribution in [0.4, 0.5) is 5.82 Å². The molecule has 0 amide bonds. The van der Waals surface area contributed by atoms with Gasteiger partial charge in [-0.1, -0.05) is 0 Å². The SMILES string of the molecule is CC(C)(O)Cn1ncc(N)n1. The molecule has 5 nitrogen and oxygen atoms in total. The molecular weight excluding hydrogens is 144 g/mol. The molecule has 1 heterocycles. The Kier molecular flexibility index (Phi) is 1.82. The standard InChI is InChI=1S/C6H12N4O/c1-6(2,11)4-10-8-3-5(7)9-10/h3,11H,4H2,1-2H3,(H2,7,9). The first-order valence-corrected chi connectivity index (χ1v) is 3.35. The normalized spacial score (nSPS) is 11.9. The van der Waals surface area contributed by atoms with Crippen LogP contribution in [-0.2, 0) is 6.54 Å². The summed E-state index contributed by atoms with van der Waals surface area (Å²) in [6.45, 7) is 3.73. The van der Waals surface area contributed by atoms with E-state index in [1.807, 2.05) is 0 Å². The molecule has 0 aliphatic carbocycles. The first-order valence-electron chi connectivity index (χ1n) is 3.35. The first kappa shape index (κ1) is 8.00. The van der Waals surface area contributed by atoms with Gasteiger partial charge < -0.3 is 10.8 Å². The van der Waals surface area contributed by atoms with Gasteiger partial charge in [-0.15, -0.1) is 5.10 Å². The number of hydrogen-bond donors (Lipinski definition) is 2. The van der Waals surface area contributed by atoms with Crippen LogP contribution in [0.15, 0.2) is 6.20 Å². The highest BCUT2D eigenvalue weighted by Crippen LogP contribution is 2.03. The molecule has 11 heavy (non-hydrogen) atoms. The molecule has 1 aromatic heterocycles. The lowest BCUT2D eigenvalue weighted by Crippen LogP contribution is -2.27. The monoisotopic (exact) mass is 156 g/mol. The largest absolute Gasteiger partial charge is 0.388 e. The van der Waals surface area contributed by atoms with Gasteiger partial charge in [0.05, 0.1) is 18.3 Å². The lowest BCUT2D eigenvalue weighted by Gasteiger charge is -2.14. The van der Waals surface area contributed by atoms with Gasteiger partial charge in [-0.3, -0.25) is 0 Å². The maximum atomic E-state index is 9.34. The molecule has 0 bridgehead atoms. The van der Waals surface area contributed by atoms with Crippen LogP contribution in [0.3, 0.4) is 0 Å². The Balaban J connectivity index is 2.65. The molecule has 0 aliphatic rings. The molecule has 0 saturated heterocycles. The summed E-state index contributed by atoms with van der Waals surface area (Å²) in [5.74, 6) is 0.370. The zero-order valence-electron chi connectivity index (χ0n) is 6.65. The third kappa shape index (κ3) is 2.55. The second kappa shape index (κ2) is 2.50. The van der Waals surface area contributed by atoms with E-state index in [-0.39, 0.29) is 0 Å². The third-order valence-electron chi connectivity index (χ3n) is 1.08. The predicted molar refractivity (Wildman–Crippen MR) is 40.7 cm³/mol. The minimum atomic E-state index is -0.800. The van der Waals surface area contributed by atoms with Gasteiger partial charge in [0.25, 0.3) is 0 Å². The molecule has 0 unspecified atom stereocenters. The Hall–Kier alpha value is -1.10. The van der Waals surface area contributed by atoms with Crippen molar-refractivity contribution in [3.8, 4) is 0 Å².